The van der Waals surface area contributed by atoms with E-state index >= 15 is 0 Å². The van der Waals surface area contributed by atoms with E-state index in [9.17, 15) is 8.42 Å². The van der Waals surface area contributed by atoms with Crippen LogP contribution in [-0.4, -0.2) is 14.0 Å². The van der Waals surface area contributed by atoms with Crippen molar-refractivity contribution in [3.63, 3.8) is 0 Å². The predicted octanol–water partition coefficient (Wildman–Crippen LogP) is 3.13. The third-order valence-corrected chi connectivity index (χ3v) is 4.52. The highest BCUT2D eigenvalue weighted by Gasteiger charge is 2.30. The van der Waals surface area contributed by atoms with Gasteiger partial charge in [-0.25, -0.2) is 0 Å². The first-order valence-electron chi connectivity index (χ1n) is 5.67. The van der Waals surface area contributed by atoms with Crippen molar-refractivity contribution in [3.05, 3.63) is 29.8 Å². The highest BCUT2D eigenvalue weighted by Crippen LogP contribution is 2.26. The lowest BCUT2D eigenvalue weighted by atomic mass is 9.95. The molecule has 1 aromatic rings. The van der Waals surface area contributed by atoms with Gasteiger partial charge in [-0.15, -0.1) is 0 Å². The Labute approximate surface area is 104 Å². The first-order chi connectivity index (χ1) is 7.65. The lowest BCUT2D eigenvalue weighted by Crippen LogP contribution is -2.33. The average Bonchev–Trinajstić information content (AvgIpc) is 2.16. The Morgan fingerprint density at radius 1 is 1.12 bits per heavy atom. The smallest absolute Gasteiger partial charge is 0.260 e. The van der Waals surface area contributed by atoms with Crippen molar-refractivity contribution >= 4 is 10.1 Å². The third-order valence-electron chi connectivity index (χ3n) is 3.02. The predicted molar refractivity (Wildman–Crippen MR) is 68.4 cm³/mol. The van der Waals surface area contributed by atoms with Crippen molar-refractivity contribution in [1.82, 2.24) is 0 Å². The van der Waals surface area contributed by atoms with E-state index in [-0.39, 0.29) is 10.8 Å². The molecule has 0 amide bonds. The number of rotatable bonds is 4. The van der Waals surface area contributed by atoms with Gasteiger partial charge >= 0.3 is 0 Å². The van der Waals surface area contributed by atoms with Crippen LogP contribution in [0.15, 0.2) is 29.2 Å². The second kappa shape index (κ2) is 4.78. The molecule has 0 fully saturated rings. The topological polar surface area (TPSA) is 43.4 Å². The first-order valence-corrected chi connectivity index (χ1v) is 7.08. The van der Waals surface area contributed by atoms with Crippen LogP contribution in [-0.2, 0) is 14.3 Å². The van der Waals surface area contributed by atoms with E-state index in [4.69, 9.17) is 4.18 Å². The molecule has 0 heterocycles. The summed E-state index contributed by atoms with van der Waals surface area (Å²) in [6.45, 7) is 9.34. The molecule has 0 saturated carbocycles. The lowest BCUT2D eigenvalue weighted by molar-refractivity contribution is 0.0675. The fourth-order valence-electron chi connectivity index (χ4n) is 1.13. The van der Waals surface area contributed by atoms with Crippen LogP contribution in [0.1, 0.15) is 33.3 Å². The molecular weight excluding hydrogens is 236 g/mol. The highest BCUT2D eigenvalue weighted by molar-refractivity contribution is 7.86. The maximum atomic E-state index is 12.0. The van der Waals surface area contributed by atoms with Gasteiger partial charge in [-0.3, -0.25) is 4.18 Å². The molecule has 0 spiro atoms. The quantitative estimate of drug-likeness (QED) is 0.777. The van der Waals surface area contributed by atoms with Crippen LogP contribution in [0.4, 0.5) is 0 Å². The Balaban J connectivity index is 3.01. The zero-order valence-electron chi connectivity index (χ0n) is 11.0. The molecule has 0 aromatic heterocycles. The molecule has 0 atom stereocenters. The standard InChI is InChI=1S/C13H20O3S/c1-10(2)13(4,5)16-17(14,15)12-8-6-11(3)7-9-12/h6-10H,1-5H3. The molecule has 96 valence electrons. The molecular formula is C13H20O3S. The van der Waals surface area contributed by atoms with Gasteiger partial charge in [0.2, 0.25) is 0 Å². The fourth-order valence-corrected chi connectivity index (χ4v) is 2.46. The average molecular weight is 256 g/mol. The first kappa shape index (κ1) is 14.2. The van der Waals surface area contributed by atoms with Gasteiger partial charge in [0.25, 0.3) is 10.1 Å². The summed E-state index contributed by atoms with van der Waals surface area (Å²) in [5.74, 6) is 0.114. The SMILES string of the molecule is Cc1ccc(S(=O)(=O)OC(C)(C)C(C)C)cc1. The maximum absolute atomic E-state index is 12.0. The Kier molecular flexibility index (Phi) is 3.99. The van der Waals surface area contributed by atoms with E-state index in [0.717, 1.165) is 5.56 Å². The molecule has 17 heavy (non-hydrogen) atoms. The minimum absolute atomic E-state index is 0.114. The molecule has 0 aliphatic heterocycles. The Morgan fingerprint density at radius 3 is 2.00 bits per heavy atom. The van der Waals surface area contributed by atoms with Gasteiger partial charge in [0.1, 0.15) is 0 Å². The molecule has 0 aliphatic rings. The van der Waals surface area contributed by atoms with Crippen LogP contribution in [0.25, 0.3) is 0 Å². The summed E-state index contributed by atoms with van der Waals surface area (Å²) in [4.78, 5) is 0.205. The second-order valence-corrected chi connectivity index (χ2v) is 6.65. The minimum Gasteiger partial charge on any atom is -0.260 e. The Bertz CT molecular complexity index is 470. The van der Waals surface area contributed by atoms with E-state index in [1.807, 2.05) is 20.8 Å². The molecule has 0 bridgehead atoms. The Hall–Kier alpha value is -0.870. The summed E-state index contributed by atoms with van der Waals surface area (Å²) >= 11 is 0. The van der Waals surface area contributed by atoms with Crippen LogP contribution >= 0.6 is 0 Å². The maximum Gasteiger partial charge on any atom is 0.297 e. The van der Waals surface area contributed by atoms with Crippen molar-refractivity contribution in [3.8, 4) is 0 Å². The number of hydrogen-bond donors (Lipinski definition) is 0. The molecule has 3 nitrogen and oxygen atoms in total. The van der Waals surface area contributed by atoms with Gasteiger partial charge in [0.15, 0.2) is 0 Å². The van der Waals surface area contributed by atoms with Crippen LogP contribution in [0.3, 0.4) is 0 Å². The lowest BCUT2D eigenvalue weighted by Gasteiger charge is -2.28. The van der Waals surface area contributed by atoms with E-state index < -0.39 is 15.7 Å². The largest absolute Gasteiger partial charge is 0.297 e. The molecule has 0 aliphatic carbocycles. The van der Waals surface area contributed by atoms with Gasteiger partial charge in [0.05, 0.1) is 10.5 Å². The molecule has 0 radical (unpaired) electrons. The van der Waals surface area contributed by atoms with Crippen molar-refractivity contribution in [2.75, 3.05) is 0 Å². The molecule has 4 heteroatoms. The van der Waals surface area contributed by atoms with Crippen LogP contribution in [0.5, 0.6) is 0 Å². The normalized spacial score (nSPS) is 13.1. The molecule has 0 saturated heterocycles. The Morgan fingerprint density at radius 2 is 1.59 bits per heavy atom. The van der Waals surface area contributed by atoms with Crippen molar-refractivity contribution < 1.29 is 12.6 Å². The summed E-state index contributed by atoms with van der Waals surface area (Å²) < 4.78 is 29.4. The summed E-state index contributed by atoms with van der Waals surface area (Å²) in [5.41, 5.74) is 0.316. The zero-order chi connectivity index (χ0) is 13.3. The molecule has 0 N–H and O–H groups in total. The number of aryl methyl sites for hydroxylation is 1. The summed E-state index contributed by atoms with van der Waals surface area (Å²) in [5, 5.41) is 0. The fraction of sp³-hybridized carbons (Fsp3) is 0.538. The second-order valence-electron chi connectivity index (χ2n) is 5.11. The molecule has 0 unspecified atom stereocenters. The van der Waals surface area contributed by atoms with Crippen LogP contribution < -0.4 is 0 Å². The van der Waals surface area contributed by atoms with Gasteiger partial charge in [-0.2, -0.15) is 8.42 Å². The summed E-state index contributed by atoms with van der Waals surface area (Å²) in [6.07, 6.45) is 0. The molecule has 1 aromatic carbocycles. The van der Waals surface area contributed by atoms with Gasteiger partial charge < -0.3 is 0 Å². The number of hydrogen-bond acceptors (Lipinski definition) is 3. The van der Waals surface area contributed by atoms with Crippen molar-refractivity contribution in [1.29, 1.82) is 0 Å². The van der Waals surface area contributed by atoms with Gasteiger partial charge in [0, 0.05) is 0 Å². The van der Waals surface area contributed by atoms with E-state index in [1.54, 1.807) is 38.1 Å². The monoisotopic (exact) mass is 256 g/mol. The number of benzene rings is 1. The van der Waals surface area contributed by atoms with E-state index in [1.165, 1.54) is 0 Å². The summed E-state index contributed by atoms with van der Waals surface area (Å²) in [7, 11) is -3.68. The van der Waals surface area contributed by atoms with E-state index in [0.29, 0.717) is 0 Å². The van der Waals surface area contributed by atoms with Gasteiger partial charge in [-0.1, -0.05) is 31.5 Å². The third kappa shape index (κ3) is 3.54. The van der Waals surface area contributed by atoms with Crippen molar-refractivity contribution in [2.24, 2.45) is 5.92 Å². The van der Waals surface area contributed by atoms with Crippen LogP contribution in [0.2, 0.25) is 0 Å². The highest BCUT2D eigenvalue weighted by atomic mass is 32.2. The van der Waals surface area contributed by atoms with Crippen LogP contribution in [0, 0.1) is 12.8 Å². The van der Waals surface area contributed by atoms with E-state index in [2.05, 4.69) is 0 Å². The zero-order valence-corrected chi connectivity index (χ0v) is 11.8. The molecule has 1 rings (SSSR count). The van der Waals surface area contributed by atoms with Crippen molar-refractivity contribution in [2.45, 2.75) is 45.1 Å². The summed E-state index contributed by atoms with van der Waals surface area (Å²) in [6, 6.07) is 6.67. The van der Waals surface area contributed by atoms with Gasteiger partial charge in [-0.05, 0) is 38.8 Å². The minimum atomic E-state index is -3.68.